The Balaban J connectivity index is 2.65. The minimum Gasteiger partial charge on any atom is -0.0616 e. The van der Waals surface area contributed by atoms with Gasteiger partial charge in [0.2, 0.25) is 0 Å². The van der Waals surface area contributed by atoms with E-state index in [-0.39, 0.29) is 0 Å². The van der Waals surface area contributed by atoms with Gasteiger partial charge in [0, 0.05) is 4.47 Å². The van der Waals surface area contributed by atoms with Crippen molar-refractivity contribution >= 4 is 37.5 Å². The van der Waals surface area contributed by atoms with Crippen LogP contribution < -0.4 is 0 Å². The molecule has 0 saturated heterocycles. The highest BCUT2D eigenvalue weighted by Gasteiger charge is 2.07. The Morgan fingerprint density at radius 2 is 1.29 bits per heavy atom. The number of aryl methyl sites for hydroxylation is 2. The van der Waals surface area contributed by atoms with Crippen molar-refractivity contribution in [3.05, 3.63) is 58.1 Å². The van der Waals surface area contributed by atoms with Gasteiger partial charge in [-0.1, -0.05) is 46.3 Å². The summed E-state index contributed by atoms with van der Waals surface area (Å²) in [5.41, 5.74) is 2.76. The Hall–Kier alpha value is -1.34. The molecular weight excluding hydrogens is 272 g/mol. The van der Waals surface area contributed by atoms with E-state index in [1.54, 1.807) is 0 Å². The van der Waals surface area contributed by atoms with Gasteiger partial charge in [0.15, 0.2) is 0 Å². The Bertz CT molecular complexity index is 726. The monoisotopic (exact) mass is 284 g/mol. The Morgan fingerprint density at radius 3 is 2.06 bits per heavy atom. The zero-order valence-corrected chi connectivity index (χ0v) is 11.5. The van der Waals surface area contributed by atoms with Crippen LogP contribution in [-0.4, -0.2) is 0 Å². The minimum absolute atomic E-state index is 1.14. The van der Waals surface area contributed by atoms with Crippen LogP contribution in [0.25, 0.3) is 21.5 Å². The van der Waals surface area contributed by atoms with Crippen molar-refractivity contribution < 1.29 is 0 Å². The van der Waals surface area contributed by atoms with Crippen molar-refractivity contribution in [1.82, 2.24) is 0 Å². The van der Waals surface area contributed by atoms with E-state index in [4.69, 9.17) is 0 Å². The van der Waals surface area contributed by atoms with E-state index in [2.05, 4.69) is 72.2 Å². The molecule has 0 nitrogen and oxygen atoms in total. The van der Waals surface area contributed by atoms with Crippen molar-refractivity contribution in [3.8, 4) is 0 Å². The van der Waals surface area contributed by atoms with Gasteiger partial charge in [0.25, 0.3) is 0 Å². The lowest BCUT2D eigenvalue weighted by atomic mass is 9.93. The maximum absolute atomic E-state index is 3.56. The van der Waals surface area contributed by atoms with Crippen molar-refractivity contribution in [2.24, 2.45) is 0 Å². The van der Waals surface area contributed by atoms with Crippen LogP contribution >= 0.6 is 15.9 Å². The van der Waals surface area contributed by atoms with Gasteiger partial charge in [0.05, 0.1) is 0 Å². The fourth-order valence-corrected chi connectivity index (χ4v) is 2.87. The maximum Gasteiger partial charge on any atom is 0.0181 e. The summed E-state index contributed by atoms with van der Waals surface area (Å²) in [5, 5.41) is 5.39. The second-order valence-corrected chi connectivity index (χ2v) is 5.40. The Kier molecular flexibility index (Phi) is 2.44. The van der Waals surface area contributed by atoms with Gasteiger partial charge in [-0.3, -0.25) is 0 Å². The molecule has 0 N–H and O–H groups in total. The van der Waals surface area contributed by atoms with E-state index in [1.165, 1.54) is 32.7 Å². The van der Waals surface area contributed by atoms with Crippen molar-refractivity contribution in [1.29, 1.82) is 0 Å². The third-order valence-electron chi connectivity index (χ3n) is 3.57. The van der Waals surface area contributed by atoms with Crippen LogP contribution in [0.3, 0.4) is 0 Å². The number of rotatable bonds is 0. The molecule has 0 aromatic heterocycles. The minimum atomic E-state index is 1.14. The summed E-state index contributed by atoms with van der Waals surface area (Å²) in [4.78, 5) is 0. The lowest BCUT2D eigenvalue weighted by Gasteiger charge is -2.12. The third-order valence-corrected chi connectivity index (χ3v) is 4.06. The summed E-state index contributed by atoms with van der Waals surface area (Å²) in [6, 6.07) is 15.2. The molecule has 0 atom stereocenters. The number of fused-ring (bicyclic) bond motifs is 3. The Labute approximate surface area is 109 Å². The molecule has 0 aliphatic rings. The Morgan fingerprint density at radius 1 is 0.706 bits per heavy atom. The van der Waals surface area contributed by atoms with Crippen molar-refractivity contribution in [3.63, 3.8) is 0 Å². The predicted octanol–water partition coefficient (Wildman–Crippen LogP) is 5.37. The van der Waals surface area contributed by atoms with Crippen molar-refractivity contribution in [2.75, 3.05) is 0 Å². The van der Waals surface area contributed by atoms with Gasteiger partial charge in [-0.15, -0.1) is 0 Å². The standard InChI is InChI=1S/C16H13Br/c1-10-11(2)16-9-12(17)7-8-15(16)14-6-4-3-5-13(10)14/h3-9H,1-2H3. The highest BCUT2D eigenvalue weighted by molar-refractivity contribution is 9.10. The SMILES string of the molecule is Cc1c(C)c2cc(Br)ccc2c2ccccc12. The van der Waals surface area contributed by atoms with Crippen LogP contribution in [0.4, 0.5) is 0 Å². The molecule has 3 aromatic rings. The van der Waals surface area contributed by atoms with E-state index in [9.17, 15) is 0 Å². The summed E-state index contributed by atoms with van der Waals surface area (Å²) in [6.07, 6.45) is 0. The fourth-order valence-electron chi connectivity index (χ4n) is 2.51. The first-order chi connectivity index (χ1) is 8.18. The molecule has 0 aliphatic carbocycles. The second-order valence-electron chi connectivity index (χ2n) is 4.49. The molecule has 0 saturated carbocycles. The number of halogens is 1. The average Bonchev–Trinajstić information content (AvgIpc) is 2.36. The third kappa shape index (κ3) is 1.57. The number of benzene rings is 3. The van der Waals surface area contributed by atoms with E-state index in [0.717, 1.165) is 4.47 Å². The predicted molar refractivity (Wildman–Crippen MR) is 78.6 cm³/mol. The van der Waals surface area contributed by atoms with E-state index in [1.807, 2.05) is 0 Å². The van der Waals surface area contributed by atoms with Gasteiger partial charge < -0.3 is 0 Å². The molecule has 84 valence electrons. The van der Waals surface area contributed by atoms with Gasteiger partial charge in [0.1, 0.15) is 0 Å². The van der Waals surface area contributed by atoms with E-state index < -0.39 is 0 Å². The molecule has 0 radical (unpaired) electrons. The molecular formula is C16H13Br. The van der Waals surface area contributed by atoms with Crippen LogP contribution in [0.1, 0.15) is 11.1 Å². The molecule has 3 rings (SSSR count). The quantitative estimate of drug-likeness (QED) is 0.487. The first-order valence-electron chi connectivity index (χ1n) is 5.75. The van der Waals surface area contributed by atoms with Crippen molar-refractivity contribution in [2.45, 2.75) is 13.8 Å². The van der Waals surface area contributed by atoms with Gasteiger partial charge >= 0.3 is 0 Å². The summed E-state index contributed by atoms with van der Waals surface area (Å²) < 4.78 is 1.14. The molecule has 0 bridgehead atoms. The molecule has 0 unspecified atom stereocenters. The normalized spacial score (nSPS) is 11.2. The van der Waals surface area contributed by atoms with Crippen LogP contribution in [-0.2, 0) is 0 Å². The molecule has 0 amide bonds. The van der Waals surface area contributed by atoms with Crippen LogP contribution in [0, 0.1) is 13.8 Å². The first-order valence-corrected chi connectivity index (χ1v) is 6.55. The zero-order chi connectivity index (χ0) is 12.0. The zero-order valence-electron chi connectivity index (χ0n) is 9.92. The highest BCUT2D eigenvalue weighted by atomic mass is 79.9. The smallest absolute Gasteiger partial charge is 0.0181 e. The summed E-state index contributed by atoms with van der Waals surface area (Å²) in [5.74, 6) is 0. The lowest BCUT2D eigenvalue weighted by Crippen LogP contribution is -1.88. The number of hydrogen-bond acceptors (Lipinski definition) is 0. The van der Waals surface area contributed by atoms with E-state index >= 15 is 0 Å². The summed E-state index contributed by atoms with van der Waals surface area (Å²) in [7, 11) is 0. The molecule has 0 fully saturated rings. The van der Waals surface area contributed by atoms with Gasteiger partial charge in [-0.25, -0.2) is 0 Å². The largest absolute Gasteiger partial charge is 0.0616 e. The van der Waals surface area contributed by atoms with Gasteiger partial charge in [-0.05, 0) is 58.7 Å². The summed E-state index contributed by atoms with van der Waals surface area (Å²) in [6.45, 7) is 4.41. The maximum atomic E-state index is 3.56. The lowest BCUT2D eigenvalue weighted by molar-refractivity contribution is 1.41. The topological polar surface area (TPSA) is 0 Å². The molecule has 0 heterocycles. The van der Waals surface area contributed by atoms with Gasteiger partial charge in [-0.2, -0.15) is 0 Å². The fraction of sp³-hybridized carbons (Fsp3) is 0.125. The van der Waals surface area contributed by atoms with Crippen LogP contribution in [0.2, 0.25) is 0 Å². The second kappa shape index (κ2) is 3.85. The van der Waals surface area contributed by atoms with Crippen LogP contribution in [0.5, 0.6) is 0 Å². The first kappa shape index (κ1) is 10.8. The molecule has 17 heavy (non-hydrogen) atoms. The molecule has 3 aromatic carbocycles. The molecule has 0 spiro atoms. The molecule has 1 heteroatoms. The average molecular weight is 285 g/mol. The van der Waals surface area contributed by atoms with Crippen LogP contribution in [0.15, 0.2) is 46.9 Å². The van der Waals surface area contributed by atoms with E-state index in [0.29, 0.717) is 0 Å². The highest BCUT2D eigenvalue weighted by Crippen LogP contribution is 2.33. The number of hydrogen-bond donors (Lipinski definition) is 0. The summed E-state index contributed by atoms with van der Waals surface area (Å²) >= 11 is 3.56. The molecule has 0 aliphatic heterocycles.